The maximum absolute atomic E-state index is 12.4. The average molecular weight is 272 g/mol. The van der Waals surface area contributed by atoms with Gasteiger partial charge in [-0.25, -0.2) is 4.79 Å². The van der Waals surface area contributed by atoms with E-state index >= 15 is 0 Å². The van der Waals surface area contributed by atoms with Crippen molar-refractivity contribution in [2.75, 3.05) is 18.4 Å². The number of amides is 2. The van der Waals surface area contributed by atoms with Crippen molar-refractivity contribution in [3.8, 4) is 6.07 Å². The van der Waals surface area contributed by atoms with Crippen LogP contribution < -0.4 is 16.4 Å². The van der Waals surface area contributed by atoms with Gasteiger partial charge in [-0.3, -0.25) is 0 Å². The van der Waals surface area contributed by atoms with E-state index in [1.54, 1.807) is 6.07 Å². The Labute approximate surface area is 107 Å². The molecule has 0 atom stereocenters. The normalized spacial score (nSPS) is 10.6. The van der Waals surface area contributed by atoms with E-state index in [1.165, 1.54) is 6.07 Å². The minimum Gasteiger partial charge on any atom is -0.382 e. The summed E-state index contributed by atoms with van der Waals surface area (Å²) >= 11 is 0. The maximum atomic E-state index is 12.4. The highest BCUT2D eigenvalue weighted by atomic mass is 19.4. The Morgan fingerprint density at radius 3 is 2.58 bits per heavy atom. The van der Waals surface area contributed by atoms with Crippen LogP contribution in [-0.4, -0.2) is 19.1 Å². The second kappa shape index (κ2) is 5.95. The Kier molecular flexibility index (Phi) is 4.58. The monoisotopic (exact) mass is 272 g/mol. The van der Waals surface area contributed by atoms with Crippen LogP contribution in [0.15, 0.2) is 18.2 Å². The van der Waals surface area contributed by atoms with Crippen molar-refractivity contribution in [1.29, 1.82) is 5.26 Å². The topological polar surface area (TPSA) is 90.9 Å². The van der Waals surface area contributed by atoms with Crippen molar-refractivity contribution in [3.63, 3.8) is 0 Å². The molecular formula is C11H11F3N4O. The summed E-state index contributed by atoms with van der Waals surface area (Å²) in [6, 6.07) is 3.80. The van der Waals surface area contributed by atoms with Gasteiger partial charge in [-0.05, 0) is 18.2 Å². The van der Waals surface area contributed by atoms with E-state index in [9.17, 15) is 18.0 Å². The standard InChI is InChI=1S/C11H11F3N4O/c12-11(13,14)8-1-2-9(7(5-8)6-15)17-3-4-18-10(16)19/h1-2,5,17H,3-4H2,(H3,16,18,19). The van der Waals surface area contributed by atoms with E-state index in [0.29, 0.717) is 0 Å². The lowest BCUT2D eigenvalue weighted by Crippen LogP contribution is -2.33. The van der Waals surface area contributed by atoms with Crippen LogP contribution in [0.2, 0.25) is 0 Å². The molecule has 0 spiro atoms. The van der Waals surface area contributed by atoms with Gasteiger partial charge in [-0.15, -0.1) is 0 Å². The molecule has 0 aliphatic rings. The lowest BCUT2D eigenvalue weighted by atomic mass is 10.1. The molecule has 1 aromatic carbocycles. The molecule has 1 rings (SSSR count). The number of benzene rings is 1. The van der Waals surface area contributed by atoms with Crippen molar-refractivity contribution in [2.24, 2.45) is 5.73 Å². The number of primary amides is 1. The van der Waals surface area contributed by atoms with Crippen molar-refractivity contribution >= 4 is 11.7 Å². The van der Waals surface area contributed by atoms with Crippen LogP contribution in [0, 0.1) is 11.3 Å². The number of hydrogen-bond donors (Lipinski definition) is 3. The quantitative estimate of drug-likeness (QED) is 0.728. The number of nitrogens with zero attached hydrogens (tertiary/aromatic N) is 1. The number of carbonyl (C=O) groups excluding carboxylic acids is 1. The molecule has 0 radical (unpaired) electrons. The number of nitrogens with one attached hydrogen (secondary N) is 2. The van der Waals surface area contributed by atoms with E-state index in [-0.39, 0.29) is 24.3 Å². The van der Waals surface area contributed by atoms with Crippen LogP contribution in [0.1, 0.15) is 11.1 Å². The fraction of sp³-hybridized carbons (Fsp3) is 0.273. The molecule has 4 N–H and O–H groups in total. The molecular weight excluding hydrogens is 261 g/mol. The fourth-order valence-corrected chi connectivity index (χ4v) is 1.35. The van der Waals surface area contributed by atoms with Crippen molar-refractivity contribution in [2.45, 2.75) is 6.18 Å². The number of anilines is 1. The highest BCUT2D eigenvalue weighted by Crippen LogP contribution is 2.31. The Morgan fingerprint density at radius 2 is 2.05 bits per heavy atom. The van der Waals surface area contributed by atoms with Gasteiger partial charge < -0.3 is 16.4 Å². The summed E-state index contributed by atoms with van der Waals surface area (Å²) in [5.41, 5.74) is 4.10. The van der Waals surface area contributed by atoms with Crippen molar-refractivity contribution < 1.29 is 18.0 Å². The molecule has 0 saturated heterocycles. The third-order valence-electron chi connectivity index (χ3n) is 2.21. The zero-order chi connectivity index (χ0) is 14.5. The first kappa shape index (κ1) is 14.6. The Bertz CT molecular complexity index is 508. The van der Waals surface area contributed by atoms with E-state index in [2.05, 4.69) is 10.6 Å². The third-order valence-corrected chi connectivity index (χ3v) is 2.21. The second-order valence-electron chi connectivity index (χ2n) is 3.59. The molecule has 19 heavy (non-hydrogen) atoms. The third kappa shape index (κ3) is 4.39. The largest absolute Gasteiger partial charge is 0.416 e. The summed E-state index contributed by atoms with van der Waals surface area (Å²) in [5, 5.41) is 13.8. The molecule has 0 unspecified atom stereocenters. The Balaban J connectivity index is 2.75. The van der Waals surface area contributed by atoms with Crippen molar-refractivity contribution in [1.82, 2.24) is 5.32 Å². The summed E-state index contributed by atoms with van der Waals surface area (Å²) in [5.74, 6) is 0. The first-order valence-corrected chi connectivity index (χ1v) is 5.23. The highest BCUT2D eigenvalue weighted by molar-refractivity contribution is 5.71. The lowest BCUT2D eigenvalue weighted by molar-refractivity contribution is -0.137. The number of hydrogen-bond acceptors (Lipinski definition) is 3. The second-order valence-corrected chi connectivity index (χ2v) is 3.59. The molecule has 0 fully saturated rings. The molecule has 5 nitrogen and oxygen atoms in total. The van der Waals surface area contributed by atoms with Gasteiger partial charge in [0.15, 0.2) is 0 Å². The van der Waals surface area contributed by atoms with Gasteiger partial charge >= 0.3 is 12.2 Å². The maximum Gasteiger partial charge on any atom is 0.416 e. The van der Waals surface area contributed by atoms with Gasteiger partial charge in [0.05, 0.1) is 16.8 Å². The Hall–Kier alpha value is -2.43. The summed E-state index contributed by atoms with van der Waals surface area (Å²) < 4.78 is 37.3. The first-order chi connectivity index (χ1) is 8.84. The molecule has 0 aliphatic carbocycles. The van der Waals surface area contributed by atoms with Gasteiger partial charge in [0.25, 0.3) is 0 Å². The van der Waals surface area contributed by atoms with Gasteiger partial charge in [-0.2, -0.15) is 18.4 Å². The molecule has 0 heterocycles. The van der Waals surface area contributed by atoms with Crippen LogP contribution in [0.25, 0.3) is 0 Å². The van der Waals surface area contributed by atoms with Crippen LogP contribution in [0.3, 0.4) is 0 Å². The smallest absolute Gasteiger partial charge is 0.382 e. The number of urea groups is 1. The van der Waals surface area contributed by atoms with Gasteiger partial charge in [-0.1, -0.05) is 0 Å². The van der Waals surface area contributed by atoms with Gasteiger partial charge in [0.1, 0.15) is 6.07 Å². The SMILES string of the molecule is N#Cc1cc(C(F)(F)F)ccc1NCCNC(N)=O. The molecule has 0 aromatic heterocycles. The van der Waals surface area contributed by atoms with Crippen LogP contribution in [0.4, 0.5) is 23.7 Å². The fourth-order valence-electron chi connectivity index (χ4n) is 1.35. The first-order valence-electron chi connectivity index (χ1n) is 5.23. The minimum atomic E-state index is -4.49. The number of halogens is 3. The predicted molar refractivity (Wildman–Crippen MR) is 62.2 cm³/mol. The molecule has 8 heteroatoms. The number of rotatable bonds is 4. The summed E-state index contributed by atoms with van der Waals surface area (Å²) in [7, 11) is 0. The van der Waals surface area contributed by atoms with Crippen molar-refractivity contribution in [3.05, 3.63) is 29.3 Å². The predicted octanol–water partition coefficient (Wildman–Crippen LogP) is 1.66. The summed E-state index contributed by atoms with van der Waals surface area (Å²) in [6.45, 7) is 0.435. The summed E-state index contributed by atoms with van der Waals surface area (Å²) in [6.07, 6.45) is -4.49. The average Bonchev–Trinajstić information content (AvgIpc) is 2.33. The van der Waals surface area contributed by atoms with E-state index in [4.69, 9.17) is 11.0 Å². The minimum absolute atomic E-state index is 0.117. The van der Waals surface area contributed by atoms with Gasteiger partial charge in [0, 0.05) is 13.1 Å². The molecule has 0 aliphatic heterocycles. The zero-order valence-corrected chi connectivity index (χ0v) is 9.71. The lowest BCUT2D eigenvalue weighted by Gasteiger charge is -2.11. The highest BCUT2D eigenvalue weighted by Gasteiger charge is 2.30. The molecule has 0 saturated carbocycles. The molecule has 1 aromatic rings. The summed E-state index contributed by atoms with van der Waals surface area (Å²) in [4.78, 5) is 10.4. The number of nitrogens with two attached hydrogens (primary N) is 1. The number of nitriles is 1. The van der Waals surface area contributed by atoms with Crippen LogP contribution >= 0.6 is 0 Å². The number of carbonyl (C=O) groups is 1. The Morgan fingerprint density at radius 1 is 1.37 bits per heavy atom. The molecule has 102 valence electrons. The number of alkyl halides is 3. The zero-order valence-electron chi connectivity index (χ0n) is 9.71. The van der Waals surface area contributed by atoms with E-state index < -0.39 is 17.8 Å². The van der Waals surface area contributed by atoms with Crippen LogP contribution in [-0.2, 0) is 6.18 Å². The molecule has 0 bridgehead atoms. The van der Waals surface area contributed by atoms with E-state index in [1.807, 2.05) is 0 Å². The van der Waals surface area contributed by atoms with Crippen LogP contribution in [0.5, 0.6) is 0 Å². The van der Waals surface area contributed by atoms with Gasteiger partial charge in [0.2, 0.25) is 0 Å². The molecule has 2 amide bonds. The van der Waals surface area contributed by atoms with E-state index in [0.717, 1.165) is 12.1 Å².